The molecule has 0 saturated heterocycles. The Bertz CT molecular complexity index is 977. The molecule has 0 bridgehead atoms. The van der Waals surface area contributed by atoms with E-state index in [-0.39, 0.29) is 5.69 Å². The Morgan fingerprint density at radius 2 is 1.35 bits per heavy atom. The van der Waals surface area contributed by atoms with E-state index in [2.05, 4.69) is 15.5 Å². The van der Waals surface area contributed by atoms with Gasteiger partial charge < -0.3 is 24.3 Å². The third-order valence-corrected chi connectivity index (χ3v) is 4.51. The van der Waals surface area contributed by atoms with E-state index in [1.54, 1.807) is 44.2 Å². The van der Waals surface area contributed by atoms with Gasteiger partial charge in [-0.1, -0.05) is 11.6 Å². The van der Waals surface area contributed by atoms with E-state index in [4.69, 9.17) is 30.5 Å². The largest absolute Gasteiger partial charge is 0.494 e. The van der Waals surface area contributed by atoms with Crippen molar-refractivity contribution in [2.24, 2.45) is 10.2 Å². The zero-order valence-corrected chi connectivity index (χ0v) is 20.8. The molecule has 9 nitrogen and oxygen atoms in total. The lowest BCUT2D eigenvalue weighted by Gasteiger charge is -2.17. The SMILES string of the molecule is CCOc1cc(N=NC(C(C)=O)C(=O)Nc2c(OCC)cc(Cl)cc2OCC)cc(OCC)c1. The molecule has 1 atom stereocenters. The number of carbonyl (C=O) groups is 2. The highest BCUT2D eigenvalue weighted by molar-refractivity contribution is 6.31. The number of halogens is 1. The Labute approximate surface area is 204 Å². The number of hydrogen-bond donors (Lipinski definition) is 1. The van der Waals surface area contributed by atoms with Crippen LogP contribution in [0.1, 0.15) is 34.6 Å². The van der Waals surface area contributed by atoms with Gasteiger partial charge in [-0.05, 0) is 34.6 Å². The van der Waals surface area contributed by atoms with E-state index < -0.39 is 17.7 Å². The summed E-state index contributed by atoms with van der Waals surface area (Å²) >= 11 is 6.15. The fourth-order valence-electron chi connectivity index (χ4n) is 2.97. The number of rotatable bonds is 13. The molecule has 34 heavy (non-hydrogen) atoms. The first-order valence-corrected chi connectivity index (χ1v) is 11.4. The maximum absolute atomic E-state index is 13.0. The normalized spacial score (nSPS) is 11.7. The van der Waals surface area contributed by atoms with Gasteiger partial charge in [-0.2, -0.15) is 10.2 Å². The maximum Gasteiger partial charge on any atom is 0.259 e. The number of azo groups is 1. The molecule has 2 aromatic carbocycles. The Kier molecular flexibility index (Phi) is 10.6. The monoisotopic (exact) mass is 491 g/mol. The lowest BCUT2D eigenvalue weighted by molar-refractivity contribution is -0.126. The van der Waals surface area contributed by atoms with Crippen LogP contribution in [0.15, 0.2) is 40.6 Å². The van der Waals surface area contributed by atoms with E-state index in [0.717, 1.165) is 0 Å². The van der Waals surface area contributed by atoms with Gasteiger partial charge in [0.1, 0.15) is 28.7 Å². The fraction of sp³-hybridized carbons (Fsp3) is 0.417. The van der Waals surface area contributed by atoms with Crippen molar-refractivity contribution in [1.82, 2.24) is 0 Å². The average Bonchev–Trinajstić information content (AvgIpc) is 2.76. The topological polar surface area (TPSA) is 108 Å². The van der Waals surface area contributed by atoms with Gasteiger partial charge in [0, 0.05) is 35.4 Å². The van der Waals surface area contributed by atoms with Gasteiger partial charge in [-0.3, -0.25) is 9.59 Å². The summed E-state index contributed by atoms with van der Waals surface area (Å²) in [7, 11) is 0. The van der Waals surface area contributed by atoms with Crippen molar-refractivity contribution in [3.8, 4) is 23.0 Å². The molecule has 1 amide bonds. The summed E-state index contributed by atoms with van der Waals surface area (Å²) in [6.07, 6.45) is 0. The predicted octanol–water partition coefficient (Wildman–Crippen LogP) is 5.61. The van der Waals surface area contributed by atoms with Gasteiger partial charge >= 0.3 is 0 Å². The number of ketones is 1. The maximum atomic E-state index is 13.0. The summed E-state index contributed by atoms with van der Waals surface area (Å²) in [4.78, 5) is 25.3. The van der Waals surface area contributed by atoms with Crippen molar-refractivity contribution in [3.63, 3.8) is 0 Å². The van der Waals surface area contributed by atoms with Crippen molar-refractivity contribution in [3.05, 3.63) is 35.4 Å². The molecule has 0 saturated carbocycles. The van der Waals surface area contributed by atoms with Crippen molar-refractivity contribution in [1.29, 1.82) is 0 Å². The van der Waals surface area contributed by atoms with Gasteiger partial charge in [0.05, 0.1) is 32.1 Å². The first-order valence-electron chi connectivity index (χ1n) is 11.0. The Balaban J connectivity index is 2.36. The summed E-state index contributed by atoms with van der Waals surface area (Å²) in [5, 5.41) is 11.2. The van der Waals surface area contributed by atoms with Gasteiger partial charge in [-0.25, -0.2) is 0 Å². The number of amides is 1. The summed E-state index contributed by atoms with van der Waals surface area (Å²) in [5.41, 5.74) is 0.640. The van der Waals surface area contributed by atoms with Crippen molar-refractivity contribution < 1.29 is 28.5 Å². The number of nitrogens with zero attached hydrogens (tertiary/aromatic N) is 2. The number of anilines is 1. The first kappa shape index (κ1) is 26.9. The van der Waals surface area contributed by atoms with E-state index in [0.29, 0.717) is 60.1 Å². The van der Waals surface area contributed by atoms with Crippen molar-refractivity contribution >= 4 is 34.7 Å². The Morgan fingerprint density at radius 3 is 1.79 bits per heavy atom. The number of benzene rings is 2. The second-order valence-electron chi connectivity index (χ2n) is 6.89. The zero-order valence-electron chi connectivity index (χ0n) is 20.0. The molecule has 2 rings (SSSR count). The van der Waals surface area contributed by atoms with Crippen LogP contribution in [-0.2, 0) is 9.59 Å². The molecule has 1 N–H and O–H groups in total. The Hall–Kier alpha value is -3.33. The molecular formula is C24H30ClN3O6. The van der Waals surface area contributed by atoms with Crippen LogP contribution in [0.4, 0.5) is 11.4 Å². The standard InChI is InChI=1S/C24H30ClN3O6/c1-6-31-18-12-17(13-19(14-18)32-7-2)27-28-22(15(5)29)24(30)26-23-20(33-8-3)10-16(25)11-21(23)34-9-4/h10-14,22H,6-9H2,1-5H3,(H,26,30). The van der Waals surface area contributed by atoms with E-state index in [9.17, 15) is 9.59 Å². The highest BCUT2D eigenvalue weighted by atomic mass is 35.5. The number of hydrogen-bond acceptors (Lipinski definition) is 8. The molecule has 0 spiro atoms. The number of nitrogens with one attached hydrogen (secondary N) is 1. The zero-order chi connectivity index (χ0) is 25.1. The highest BCUT2D eigenvalue weighted by Crippen LogP contribution is 2.38. The average molecular weight is 492 g/mol. The third kappa shape index (κ3) is 7.62. The summed E-state index contributed by atoms with van der Waals surface area (Å²) in [6.45, 7) is 10.2. The molecule has 10 heteroatoms. The molecule has 2 aromatic rings. The second kappa shape index (κ2) is 13.4. The van der Waals surface area contributed by atoms with Crippen molar-refractivity contribution in [2.45, 2.75) is 40.7 Å². The first-order chi connectivity index (χ1) is 16.3. The summed E-state index contributed by atoms with van der Waals surface area (Å²) < 4.78 is 22.3. The smallest absolute Gasteiger partial charge is 0.259 e. The van der Waals surface area contributed by atoms with Gasteiger partial charge in [0.25, 0.3) is 5.91 Å². The number of carbonyl (C=O) groups excluding carboxylic acids is 2. The number of ether oxygens (including phenoxy) is 4. The molecule has 0 aliphatic carbocycles. The van der Waals surface area contributed by atoms with Crippen LogP contribution in [0.5, 0.6) is 23.0 Å². The lowest BCUT2D eigenvalue weighted by atomic mass is 10.2. The van der Waals surface area contributed by atoms with Gasteiger partial charge in [0.2, 0.25) is 6.04 Å². The van der Waals surface area contributed by atoms with Crippen LogP contribution >= 0.6 is 11.6 Å². The molecule has 1 unspecified atom stereocenters. The molecule has 0 aliphatic heterocycles. The van der Waals surface area contributed by atoms with Crippen LogP contribution < -0.4 is 24.3 Å². The lowest BCUT2D eigenvalue weighted by Crippen LogP contribution is -2.32. The quantitative estimate of drug-likeness (QED) is 0.288. The molecular weight excluding hydrogens is 462 g/mol. The molecule has 0 radical (unpaired) electrons. The van der Waals surface area contributed by atoms with E-state index in [1.807, 2.05) is 13.8 Å². The predicted molar refractivity (Wildman–Crippen MR) is 130 cm³/mol. The molecule has 184 valence electrons. The summed E-state index contributed by atoms with van der Waals surface area (Å²) in [5.74, 6) is 0.530. The molecule has 0 heterocycles. The number of Topliss-reactive ketones (excluding diaryl/α,β-unsaturated/α-hetero) is 1. The Morgan fingerprint density at radius 1 is 0.853 bits per heavy atom. The van der Waals surface area contributed by atoms with Crippen LogP contribution in [0, 0.1) is 0 Å². The van der Waals surface area contributed by atoms with E-state index in [1.165, 1.54) is 6.92 Å². The minimum absolute atomic E-state index is 0.261. The fourth-order valence-corrected chi connectivity index (χ4v) is 3.17. The van der Waals surface area contributed by atoms with Crippen LogP contribution in [0.3, 0.4) is 0 Å². The minimum atomic E-state index is -1.40. The summed E-state index contributed by atoms with van der Waals surface area (Å²) in [6, 6.07) is 6.73. The van der Waals surface area contributed by atoms with Gasteiger partial charge in [-0.15, -0.1) is 0 Å². The molecule has 0 fully saturated rings. The molecule has 0 aromatic heterocycles. The van der Waals surface area contributed by atoms with Crippen molar-refractivity contribution in [2.75, 3.05) is 31.7 Å². The van der Waals surface area contributed by atoms with Crippen LogP contribution in [0.25, 0.3) is 0 Å². The minimum Gasteiger partial charge on any atom is -0.494 e. The third-order valence-electron chi connectivity index (χ3n) is 4.29. The van der Waals surface area contributed by atoms with Crippen LogP contribution in [0.2, 0.25) is 5.02 Å². The van der Waals surface area contributed by atoms with Crippen LogP contribution in [-0.4, -0.2) is 44.2 Å². The molecule has 0 aliphatic rings. The van der Waals surface area contributed by atoms with E-state index >= 15 is 0 Å². The highest BCUT2D eigenvalue weighted by Gasteiger charge is 2.26. The van der Waals surface area contributed by atoms with Gasteiger partial charge in [0.15, 0.2) is 5.78 Å². The second-order valence-corrected chi connectivity index (χ2v) is 7.33.